The molecule has 0 bridgehead atoms. The smallest absolute Gasteiger partial charge is 0.119 e. The van der Waals surface area contributed by atoms with E-state index >= 15 is 0 Å². The minimum Gasteiger partial charge on any atom is -0.494 e. The molecule has 1 heterocycles. The molecule has 2 rings (SSSR count). The zero-order valence-electron chi connectivity index (χ0n) is 10.7. The molecule has 17 heavy (non-hydrogen) atoms. The number of benzene rings is 1. The second-order valence-electron chi connectivity index (χ2n) is 4.72. The lowest BCUT2D eigenvalue weighted by atomic mass is 9.94. The maximum Gasteiger partial charge on any atom is 0.119 e. The fraction of sp³-hybridized carbons (Fsp3) is 0.571. The van der Waals surface area contributed by atoms with Crippen LogP contribution in [0.15, 0.2) is 24.3 Å². The van der Waals surface area contributed by atoms with E-state index in [1.807, 2.05) is 13.0 Å². The summed E-state index contributed by atoms with van der Waals surface area (Å²) >= 11 is 0. The molecular weight excluding hydrogens is 212 g/mol. The average molecular weight is 234 g/mol. The molecule has 1 aromatic rings. The quantitative estimate of drug-likeness (QED) is 0.866. The number of ether oxygens (including phenoxy) is 1. The molecule has 0 aromatic heterocycles. The molecule has 1 aliphatic heterocycles. The molecule has 0 saturated carbocycles. The molecule has 1 saturated heterocycles. The highest BCUT2D eigenvalue weighted by Crippen LogP contribution is 2.36. The van der Waals surface area contributed by atoms with Gasteiger partial charge in [0.25, 0.3) is 0 Å². The molecule has 2 atom stereocenters. The van der Waals surface area contributed by atoms with Crippen molar-refractivity contribution in [3.05, 3.63) is 29.8 Å². The van der Waals surface area contributed by atoms with Crippen LogP contribution in [0.4, 0.5) is 0 Å². The number of hydrogen-bond acceptors (Lipinski definition) is 3. The molecule has 1 aromatic carbocycles. The maximum absolute atomic E-state index is 5.86. The van der Waals surface area contributed by atoms with Gasteiger partial charge in [0.05, 0.1) is 6.61 Å². The first-order valence-corrected chi connectivity index (χ1v) is 6.39. The normalized spacial score (nSPS) is 25.1. The number of hydrogen-bond donors (Lipinski definition) is 1. The number of rotatable bonds is 4. The van der Waals surface area contributed by atoms with Crippen molar-refractivity contribution in [3.8, 4) is 5.75 Å². The van der Waals surface area contributed by atoms with Crippen LogP contribution in [0, 0.1) is 5.92 Å². The Morgan fingerprint density at radius 3 is 3.00 bits per heavy atom. The van der Waals surface area contributed by atoms with Crippen molar-refractivity contribution in [2.45, 2.75) is 19.4 Å². The van der Waals surface area contributed by atoms with E-state index in [9.17, 15) is 0 Å². The van der Waals surface area contributed by atoms with Gasteiger partial charge in [0.1, 0.15) is 5.75 Å². The van der Waals surface area contributed by atoms with Crippen LogP contribution in [0.1, 0.15) is 24.9 Å². The third kappa shape index (κ3) is 2.61. The SMILES string of the molecule is CCOc1cccc(C2C(CN)CCN2C)c1. The van der Waals surface area contributed by atoms with Gasteiger partial charge in [0, 0.05) is 6.04 Å². The number of nitrogens with zero attached hydrogens (tertiary/aromatic N) is 1. The molecule has 3 heteroatoms. The van der Waals surface area contributed by atoms with Crippen LogP contribution in [-0.2, 0) is 0 Å². The third-order valence-corrected chi connectivity index (χ3v) is 3.59. The second kappa shape index (κ2) is 5.52. The van der Waals surface area contributed by atoms with Crippen LogP contribution >= 0.6 is 0 Å². The first-order chi connectivity index (χ1) is 8.26. The van der Waals surface area contributed by atoms with Crippen LogP contribution in [0.5, 0.6) is 5.75 Å². The zero-order chi connectivity index (χ0) is 12.3. The summed E-state index contributed by atoms with van der Waals surface area (Å²) in [5, 5.41) is 0. The summed E-state index contributed by atoms with van der Waals surface area (Å²) in [4.78, 5) is 2.39. The van der Waals surface area contributed by atoms with Crippen molar-refractivity contribution >= 4 is 0 Å². The fourth-order valence-electron chi connectivity index (χ4n) is 2.75. The standard InChI is InChI=1S/C14H22N2O/c1-3-17-13-6-4-5-11(9-13)14-12(10-15)7-8-16(14)2/h4-6,9,12,14H,3,7-8,10,15H2,1-2H3. The molecule has 2 N–H and O–H groups in total. The van der Waals surface area contributed by atoms with Crippen molar-refractivity contribution in [3.63, 3.8) is 0 Å². The van der Waals surface area contributed by atoms with Crippen LogP contribution < -0.4 is 10.5 Å². The van der Waals surface area contributed by atoms with E-state index in [-0.39, 0.29) is 0 Å². The summed E-state index contributed by atoms with van der Waals surface area (Å²) in [7, 11) is 2.17. The van der Waals surface area contributed by atoms with Crippen LogP contribution in [0.2, 0.25) is 0 Å². The monoisotopic (exact) mass is 234 g/mol. The Bertz CT molecular complexity index is 367. The first kappa shape index (κ1) is 12.4. The van der Waals surface area contributed by atoms with Gasteiger partial charge in [-0.25, -0.2) is 0 Å². The summed E-state index contributed by atoms with van der Waals surface area (Å²) in [5.74, 6) is 1.53. The molecule has 1 fully saturated rings. The van der Waals surface area contributed by atoms with Crippen molar-refractivity contribution in [2.75, 3.05) is 26.7 Å². The zero-order valence-corrected chi connectivity index (χ0v) is 10.7. The van der Waals surface area contributed by atoms with Crippen LogP contribution in [-0.4, -0.2) is 31.6 Å². The Hall–Kier alpha value is -1.06. The van der Waals surface area contributed by atoms with Gasteiger partial charge in [0.15, 0.2) is 0 Å². The van der Waals surface area contributed by atoms with E-state index in [2.05, 4.69) is 30.1 Å². The molecule has 2 unspecified atom stereocenters. The fourth-order valence-corrected chi connectivity index (χ4v) is 2.75. The van der Waals surface area contributed by atoms with Gasteiger partial charge in [0.2, 0.25) is 0 Å². The molecule has 1 aliphatic rings. The Balaban J connectivity index is 2.22. The van der Waals surface area contributed by atoms with Crippen LogP contribution in [0.25, 0.3) is 0 Å². The van der Waals surface area contributed by atoms with E-state index in [1.165, 1.54) is 12.0 Å². The van der Waals surface area contributed by atoms with E-state index in [1.54, 1.807) is 0 Å². The maximum atomic E-state index is 5.86. The van der Waals surface area contributed by atoms with E-state index < -0.39 is 0 Å². The first-order valence-electron chi connectivity index (χ1n) is 6.39. The minimum absolute atomic E-state index is 0.445. The summed E-state index contributed by atoms with van der Waals surface area (Å²) in [6, 6.07) is 8.86. The molecule has 0 amide bonds. The largest absolute Gasteiger partial charge is 0.494 e. The lowest BCUT2D eigenvalue weighted by Crippen LogP contribution is -2.25. The summed E-state index contributed by atoms with van der Waals surface area (Å²) in [6.45, 7) is 4.61. The predicted octanol–water partition coefficient (Wildman–Crippen LogP) is 2.04. The van der Waals surface area contributed by atoms with Gasteiger partial charge < -0.3 is 10.5 Å². The molecule has 0 radical (unpaired) electrons. The second-order valence-corrected chi connectivity index (χ2v) is 4.72. The Morgan fingerprint density at radius 1 is 1.47 bits per heavy atom. The highest BCUT2D eigenvalue weighted by Gasteiger charge is 2.31. The summed E-state index contributed by atoms with van der Waals surface area (Å²) < 4.78 is 5.56. The molecule has 0 spiro atoms. The van der Waals surface area contributed by atoms with Crippen molar-refractivity contribution < 1.29 is 4.74 Å². The Labute approximate surface area is 104 Å². The van der Waals surface area contributed by atoms with Gasteiger partial charge in [-0.05, 0) is 57.1 Å². The highest BCUT2D eigenvalue weighted by molar-refractivity contribution is 5.31. The number of likely N-dealkylation sites (tertiary alicyclic amines) is 1. The van der Waals surface area contributed by atoms with Gasteiger partial charge >= 0.3 is 0 Å². The number of nitrogens with two attached hydrogens (primary N) is 1. The molecule has 94 valence electrons. The molecule has 3 nitrogen and oxygen atoms in total. The topological polar surface area (TPSA) is 38.5 Å². The van der Waals surface area contributed by atoms with E-state index in [0.29, 0.717) is 18.6 Å². The molecular formula is C14H22N2O. The lowest BCUT2D eigenvalue weighted by Gasteiger charge is -2.25. The van der Waals surface area contributed by atoms with E-state index in [0.717, 1.165) is 18.8 Å². The summed E-state index contributed by atoms with van der Waals surface area (Å²) in [5.41, 5.74) is 7.19. The van der Waals surface area contributed by atoms with Gasteiger partial charge in [-0.1, -0.05) is 12.1 Å². The summed E-state index contributed by atoms with van der Waals surface area (Å²) in [6.07, 6.45) is 1.19. The third-order valence-electron chi connectivity index (χ3n) is 3.59. The van der Waals surface area contributed by atoms with Crippen molar-refractivity contribution in [1.29, 1.82) is 0 Å². The highest BCUT2D eigenvalue weighted by atomic mass is 16.5. The van der Waals surface area contributed by atoms with Crippen molar-refractivity contribution in [1.82, 2.24) is 4.90 Å². The van der Waals surface area contributed by atoms with Gasteiger partial charge in [-0.2, -0.15) is 0 Å². The average Bonchev–Trinajstić information content (AvgIpc) is 2.71. The van der Waals surface area contributed by atoms with E-state index in [4.69, 9.17) is 10.5 Å². The predicted molar refractivity (Wildman–Crippen MR) is 70.1 cm³/mol. The van der Waals surface area contributed by atoms with Gasteiger partial charge in [-0.3, -0.25) is 4.90 Å². The van der Waals surface area contributed by atoms with Crippen LogP contribution in [0.3, 0.4) is 0 Å². The Morgan fingerprint density at radius 2 is 2.29 bits per heavy atom. The molecule has 0 aliphatic carbocycles. The lowest BCUT2D eigenvalue weighted by molar-refractivity contribution is 0.277. The Kier molecular flexibility index (Phi) is 4.02. The van der Waals surface area contributed by atoms with Gasteiger partial charge in [-0.15, -0.1) is 0 Å². The minimum atomic E-state index is 0.445. The van der Waals surface area contributed by atoms with Crippen molar-refractivity contribution in [2.24, 2.45) is 11.7 Å².